The number of benzene rings is 2. The minimum atomic E-state index is -0.704. The average Bonchev–Trinajstić information content (AvgIpc) is 3.04. The maximum Gasteiger partial charge on any atom is 0.350 e. The fraction of sp³-hybridized carbons (Fsp3) is 0.158. The van der Waals surface area contributed by atoms with Gasteiger partial charge in [-0.1, -0.05) is 29.8 Å². The van der Waals surface area contributed by atoms with Gasteiger partial charge in [-0.25, -0.2) is 4.79 Å². The Balaban J connectivity index is 1.69. The van der Waals surface area contributed by atoms with Crippen LogP contribution in [-0.2, 0) is 9.53 Å². The van der Waals surface area contributed by atoms with Crippen LogP contribution in [0.4, 0.5) is 11.4 Å². The summed E-state index contributed by atoms with van der Waals surface area (Å²) >= 11 is 7.41. The molecule has 150 valence electrons. The number of aryl methyl sites for hydroxylation is 1. The fourth-order valence-corrected chi connectivity index (χ4v) is 4.04. The van der Waals surface area contributed by atoms with Gasteiger partial charge in [-0.3, -0.25) is 14.9 Å². The molecule has 3 rings (SSSR count). The Morgan fingerprint density at radius 2 is 2.00 bits per heavy atom. The van der Waals surface area contributed by atoms with E-state index >= 15 is 0 Å². The van der Waals surface area contributed by atoms with Crippen LogP contribution in [-0.4, -0.2) is 30.5 Å². The van der Waals surface area contributed by atoms with Gasteiger partial charge in [0.05, 0.1) is 17.1 Å². The van der Waals surface area contributed by atoms with Crippen molar-refractivity contribution < 1.29 is 24.0 Å². The number of methoxy groups -OCH3 is 1. The number of nitrogens with zero attached hydrogens (tertiary/aromatic N) is 1. The molecule has 0 unspecified atom stereocenters. The van der Waals surface area contributed by atoms with E-state index in [2.05, 4.69) is 5.32 Å². The van der Waals surface area contributed by atoms with E-state index in [4.69, 9.17) is 21.1 Å². The summed E-state index contributed by atoms with van der Waals surface area (Å²) in [7, 11) is 1.29. The van der Waals surface area contributed by atoms with Crippen molar-refractivity contribution in [1.29, 1.82) is 0 Å². The van der Waals surface area contributed by atoms with Crippen LogP contribution in [0.2, 0.25) is 5.02 Å². The highest BCUT2D eigenvalue weighted by molar-refractivity contribution is 7.21. The van der Waals surface area contributed by atoms with Crippen molar-refractivity contribution in [2.75, 3.05) is 19.0 Å². The highest BCUT2D eigenvalue weighted by Gasteiger charge is 2.21. The fourth-order valence-electron chi connectivity index (χ4n) is 2.64. The summed E-state index contributed by atoms with van der Waals surface area (Å²) in [4.78, 5) is 35.2. The summed E-state index contributed by atoms with van der Waals surface area (Å²) < 4.78 is 10.9. The Morgan fingerprint density at radius 3 is 2.66 bits per heavy atom. The number of rotatable bonds is 6. The van der Waals surface area contributed by atoms with Gasteiger partial charge in [0.1, 0.15) is 4.88 Å². The van der Waals surface area contributed by atoms with Crippen LogP contribution in [0.1, 0.15) is 15.2 Å². The number of nitro groups is 1. The lowest BCUT2D eigenvalue weighted by molar-refractivity contribution is -0.385. The number of hydrogen-bond acceptors (Lipinski definition) is 7. The minimum absolute atomic E-state index is 0.00459. The molecule has 0 atom stereocenters. The molecule has 0 saturated carbocycles. The Hall–Kier alpha value is -3.17. The maximum atomic E-state index is 12.3. The first-order chi connectivity index (χ1) is 13.8. The van der Waals surface area contributed by atoms with Crippen LogP contribution in [0.25, 0.3) is 10.1 Å². The summed E-state index contributed by atoms with van der Waals surface area (Å²) in [5.41, 5.74) is 0.562. The topological polar surface area (TPSA) is 108 Å². The molecule has 2 aromatic carbocycles. The third-order valence-corrected chi connectivity index (χ3v) is 5.71. The third-order valence-electron chi connectivity index (χ3n) is 4.05. The molecule has 0 spiro atoms. The van der Waals surface area contributed by atoms with Crippen LogP contribution in [0.5, 0.6) is 5.75 Å². The second-order valence-electron chi connectivity index (χ2n) is 5.96. The monoisotopic (exact) mass is 434 g/mol. The van der Waals surface area contributed by atoms with Gasteiger partial charge in [-0.05, 0) is 18.6 Å². The SMILES string of the molecule is COc1cc(NC(=O)COC(=O)c2sc3ccccc3c2Cl)c(C)cc1[N+](=O)[O-]. The predicted octanol–water partition coefficient (Wildman–Crippen LogP) is 4.58. The molecule has 29 heavy (non-hydrogen) atoms. The van der Waals surface area contributed by atoms with Crippen molar-refractivity contribution in [2.45, 2.75) is 6.92 Å². The number of hydrogen-bond donors (Lipinski definition) is 1. The molecule has 1 N–H and O–H groups in total. The summed E-state index contributed by atoms with van der Waals surface area (Å²) in [5, 5.41) is 14.6. The standard InChI is InChI=1S/C19H15ClN2O6S/c1-10-7-13(22(25)26)14(27-2)8-12(10)21-16(23)9-28-19(24)18-17(20)11-5-3-4-6-15(11)29-18/h3-8H,9H2,1-2H3,(H,21,23). The predicted molar refractivity (Wildman–Crippen MR) is 110 cm³/mol. The molecule has 0 bridgehead atoms. The molecule has 0 aliphatic carbocycles. The number of thiophene rings is 1. The van der Waals surface area contributed by atoms with Gasteiger partial charge in [0.15, 0.2) is 12.4 Å². The van der Waals surface area contributed by atoms with Crippen molar-refractivity contribution in [3.05, 3.63) is 62.0 Å². The normalized spacial score (nSPS) is 10.6. The van der Waals surface area contributed by atoms with Gasteiger partial charge in [-0.2, -0.15) is 0 Å². The van der Waals surface area contributed by atoms with Crippen LogP contribution in [0.3, 0.4) is 0 Å². The summed E-state index contributed by atoms with van der Waals surface area (Å²) in [6, 6.07) is 9.90. The zero-order valence-electron chi connectivity index (χ0n) is 15.4. The van der Waals surface area contributed by atoms with Crippen LogP contribution < -0.4 is 10.1 Å². The lowest BCUT2D eigenvalue weighted by atomic mass is 10.1. The molecule has 10 heteroatoms. The molecular formula is C19H15ClN2O6S. The zero-order valence-corrected chi connectivity index (χ0v) is 16.9. The molecule has 3 aromatic rings. The largest absolute Gasteiger partial charge is 0.490 e. The van der Waals surface area contributed by atoms with E-state index in [0.29, 0.717) is 11.3 Å². The molecule has 1 amide bonds. The number of halogens is 1. The molecular weight excluding hydrogens is 420 g/mol. The van der Waals surface area contributed by atoms with Crippen LogP contribution in [0, 0.1) is 17.0 Å². The lowest BCUT2D eigenvalue weighted by Crippen LogP contribution is -2.21. The van der Waals surface area contributed by atoms with E-state index in [1.807, 2.05) is 18.2 Å². The molecule has 8 nitrogen and oxygen atoms in total. The van der Waals surface area contributed by atoms with E-state index in [9.17, 15) is 19.7 Å². The first-order valence-corrected chi connectivity index (χ1v) is 9.48. The van der Waals surface area contributed by atoms with Gasteiger partial charge in [0.2, 0.25) is 0 Å². The second-order valence-corrected chi connectivity index (χ2v) is 7.39. The number of esters is 1. The smallest absolute Gasteiger partial charge is 0.350 e. The molecule has 0 aliphatic heterocycles. The van der Waals surface area contributed by atoms with Crippen LogP contribution >= 0.6 is 22.9 Å². The number of carbonyl (C=O) groups excluding carboxylic acids is 2. The Labute approximate surface area is 174 Å². The number of fused-ring (bicyclic) bond motifs is 1. The lowest BCUT2D eigenvalue weighted by Gasteiger charge is -2.11. The summed E-state index contributed by atoms with van der Waals surface area (Å²) in [6.07, 6.45) is 0. The quantitative estimate of drug-likeness (QED) is 0.345. The number of carbonyl (C=O) groups is 2. The number of nitro benzene ring substituents is 1. The van der Waals surface area contributed by atoms with Crippen molar-refractivity contribution in [1.82, 2.24) is 0 Å². The first-order valence-electron chi connectivity index (χ1n) is 8.29. The van der Waals surface area contributed by atoms with Crippen molar-refractivity contribution >= 4 is 56.3 Å². The average molecular weight is 435 g/mol. The van der Waals surface area contributed by atoms with Gasteiger partial charge in [0, 0.05) is 27.9 Å². The number of amides is 1. The molecule has 0 fully saturated rings. The van der Waals surface area contributed by atoms with E-state index in [1.54, 1.807) is 13.0 Å². The first kappa shape index (κ1) is 20.6. The van der Waals surface area contributed by atoms with Gasteiger partial charge >= 0.3 is 11.7 Å². The third kappa shape index (κ3) is 4.30. The van der Waals surface area contributed by atoms with E-state index in [-0.39, 0.29) is 21.3 Å². The Morgan fingerprint density at radius 1 is 1.28 bits per heavy atom. The van der Waals surface area contributed by atoms with E-state index in [0.717, 1.165) is 10.1 Å². The van der Waals surface area contributed by atoms with Gasteiger partial charge in [0.25, 0.3) is 5.91 Å². The molecule has 0 radical (unpaired) electrons. The minimum Gasteiger partial charge on any atom is -0.490 e. The Bertz CT molecular complexity index is 1130. The zero-order chi connectivity index (χ0) is 21.1. The maximum absolute atomic E-state index is 12.3. The summed E-state index contributed by atoms with van der Waals surface area (Å²) in [6.45, 7) is 1.06. The number of ether oxygens (including phenoxy) is 2. The van der Waals surface area contributed by atoms with Gasteiger partial charge in [-0.15, -0.1) is 11.3 Å². The van der Waals surface area contributed by atoms with Crippen LogP contribution in [0.15, 0.2) is 36.4 Å². The highest BCUT2D eigenvalue weighted by Crippen LogP contribution is 2.35. The molecule has 0 saturated heterocycles. The van der Waals surface area contributed by atoms with Crippen molar-refractivity contribution in [2.24, 2.45) is 0 Å². The van der Waals surface area contributed by atoms with Gasteiger partial charge < -0.3 is 14.8 Å². The number of nitrogens with one attached hydrogen (secondary N) is 1. The molecule has 1 heterocycles. The molecule has 1 aromatic heterocycles. The van der Waals surface area contributed by atoms with E-state index < -0.39 is 23.4 Å². The highest BCUT2D eigenvalue weighted by atomic mass is 35.5. The number of anilines is 1. The van der Waals surface area contributed by atoms with E-state index in [1.165, 1.54) is 30.6 Å². The van der Waals surface area contributed by atoms with Crippen molar-refractivity contribution in [3.63, 3.8) is 0 Å². The second kappa shape index (κ2) is 8.46. The van der Waals surface area contributed by atoms with Crippen molar-refractivity contribution in [3.8, 4) is 5.75 Å². The molecule has 0 aliphatic rings. The summed E-state index contributed by atoms with van der Waals surface area (Å²) in [5.74, 6) is -1.30. The Kier molecular flexibility index (Phi) is 6.00.